The van der Waals surface area contributed by atoms with E-state index in [-0.39, 0.29) is 17.2 Å². The molecule has 2 aliphatic rings. The molecule has 0 aliphatic heterocycles. The Morgan fingerprint density at radius 2 is 1.22 bits per heavy atom. The Bertz CT molecular complexity index is 2370. The van der Waals surface area contributed by atoms with Gasteiger partial charge in [0, 0.05) is 52.9 Å². The first kappa shape index (κ1) is 30.6. The summed E-state index contributed by atoms with van der Waals surface area (Å²) in [6.07, 6.45) is 4.57. The standard InChI is InChI=1S/C22H17FN4O2.C15H11ClFN3/c23-17-4-2-1-3-16(17)19-12-20(24-15-9-7-14(8-10-15)22(28)29)27-21(25-19)11-18(26-27)13-5-6-13;16-14-7-13(10-3-1-2-4-11(10)17)18-15-8-12(9-5-6-9)19-20(14)15/h1-4,7-13,24H,5-6H2,(H,28,29);1-4,7-9H,5-6H2. The number of hydrogen-bond donors (Lipinski definition) is 2. The number of carboxylic acid groups (broad SMARTS) is 1. The van der Waals surface area contributed by atoms with Gasteiger partial charge in [0.15, 0.2) is 11.3 Å². The summed E-state index contributed by atoms with van der Waals surface area (Å²) in [6, 6.07) is 26.8. The molecular formula is C37H28ClF2N7O2. The minimum absolute atomic E-state index is 0.206. The Morgan fingerprint density at radius 3 is 1.76 bits per heavy atom. The van der Waals surface area contributed by atoms with Crippen LogP contribution in [0.4, 0.5) is 20.3 Å². The molecule has 4 heterocycles. The molecule has 0 radical (unpaired) electrons. The van der Waals surface area contributed by atoms with E-state index in [0.717, 1.165) is 24.2 Å². The van der Waals surface area contributed by atoms with E-state index in [0.29, 0.717) is 62.3 Å². The Hall–Kier alpha value is -5.68. The second-order valence-corrected chi connectivity index (χ2v) is 12.6. The highest BCUT2D eigenvalue weighted by atomic mass is 35.5. The first-order valence-electron chi connectivity index (χ1n) is 15.9. The van der Waals surface area contributed by atoms with Crippen LogP contribution in [0.5, 0.6) is 0 Å². The SMILES string of the molecule is Fc1ccccc1-c1cc(Cl)n2nc(C3CC3)cc2n1.O=C(O)c1ccc(Nc2cc(-c3ccccc3F)nc3cc(C4CC4)nn23)cc1. The van der Waals surface area contributed by atoms with E-state index in [2.05, 4.69) is 25.5 Å². The zero-order chi connectivity index (χ0) is 33.6. The molecule has 12 heteroatoms. The van der Waals surface area contributed by atoms with E-state index in [1.807, 2.05) is 12.1 Å². The molecule has 0 unspecified atom stereocenters. The summed E-state index contributed by atoms with van der Waals surface area (Å²) in [4.78, 5) is 20.2. The molecule has 2 fully saturated rings. The van der Waals surface area contributed by atoms with Crippen LogP contribution in [-0.4, -0.2) is 40.3 Å². The minimum atomic E-state index is -0.981. The van der Waals surface area contributed by atoms with Crippen molar-refractivity contribution < 1.29 is 18.7 Å². The molecule has 0 saturated heterocycles. The molecule has 0 spiro atoms. The molecule has 3 aromatic carbocycles. The van der Waals surface area contributed by atoms with Gasteiger partial charge in [-0.05, 0) is 74.2 Å². The average Bonchev–Trinajstić information content (AvgIpc) is 4.04. The summed E-state index contributed by atoms with van der Waals surface area (Å²) in [7, 11) is 0. The van der Waals surface area contributed by atoms with Crippen molar-refractivity contribution in [2.45, 2.75) is 37.5 Å². The smallest absolute Gasteiger partial charge is 0.335 e. The Labute approximate surface area is 283 Å². The lowest BCUT2D eigenvalue weighted by Gasteiger charge is -2.11. The van der Waals surface area contributed by atoms with Gasteiger partial charge in [0.05, 0.1) is 28.3 Å². The summed E-state index contributed by atoms with van der Waals surface area (Å²) >= 11 is 6.24. The van der Waals surface area contributed by atoms with Crippen molar-refractivity contribution in [1.82, 2.24) is 29.2 Å². The Morgan fingerprint density at radius 1 is 0.714 bits per heavy atom. The molecule has 4 aromatic heterocycles. The molecule has 0 atom stereocenters. The highest BCUT2D eigenvalue weighted by molar-refractivity contribution is 6.30. The Balaban J connectivity index is 0.000000152. The maximum absolute atomic E-state index is 14.4. The van der Waals surface area contributed by atoms with Gasteiger partial charge in [-0.25, -0.2) is 28.1 Å². The Kier molecular flexibility index (Phi) is 7.76. The largest absolute Gasteiger partial charge is 0.478 e. The van der Waals surface area contributed by atoms with E-state index in [1.54, 1.807) is 69.7 Å². The molecule has 9 rings (SSSR count). The van der Waals surface area contributed by atoms with Gasteiger partial charge in [0.1, 0.15) is 22.6 Å². The van der Waals surface area contributed by atoms with Crippen molar-refractivity contribution in [3.63, 3.8) is 0 Å². The van der Waals surface area contributed by atoms with Gasteiger partial charge in [0.25, 0.3) is 0 Å². The van der Waals surface area contributed by atoms with Crippen LogP contribution in [0, 0.1) is 11.6 Å². The molecule has 0 bridgehead atoms. The van der Waals surface area contributed by atoms with E-state index >= 15 is 0 Å². The number of nitrogens with one attached hydrogen (secondary N) is 1. The predicted molar refractivity (Wildman–Crippen MR) is 182 cm³/mol. The van der Waals surface area contributed by atoms with Crippen LogP contribution in [-0.2, 0) is 0 Å². The lowest BCUT2D eigenvalue weighted by molar-refractivity contribution is 0.0697. The van der Waals surface area contributed by atoms with Crippen molar-refractivity contribution >= 4 is 40.4 Å². The summed E-state index contributed by atoms with van der Waals surface area (Å²) < 4.78 is 31.5. The second kappa shape index (κ2) is 12.4. The normalized spacial score (nSPS) is 14.1. The molecule has 2 saturated carbocycles. The minimum Gasteiger partial charge on any atom is -0.478 e. The van der Waals surface area contributed by atoms with Crippen LogP contribution in [0.3, 0.4) is 0 Å². The predicted octanol–water partition coefficient (Wildman–Crippen LogP) is 8.92. The molecule has 0 amide bonds. The van der Waals surface area contributed by atoms with Crippen molar-refractivity contribution in [3.05, 3.63) is 131 Å². The van der Waals surface area contributed by atoms with Gasteiger partial charge in [-0.3, -0.25) is 0 Å². The lowest BCUT2D eigenvalue weighted by atomic mass is 10.1. The molecular weight excluding hydrogens is 648 g/mol. The lowest BCUT2D eigenvalue weighted by Crippen LogP contribution is -2.03. The first-order valence-corrected chi connectivity index (χ1v) is 16.3. The summed E-state index contributed by atoms with van der Waals surface area (Å²) in [5, 5.41) is 21.9. The monoisotopic (exact) mass is 675 g/mol. The van der Waals surface area contributed by atoms with Gasteiger partial charge in [0.2, 0.25) is 0 Å². The number of aromatic nitrogens is 6. The summed E-state index contributed by atoms with van der Waals surface area (Å²) in [5.41, 5.74) is 6.10. The van der Waals surface area contributed by atoms with E-state index in [9.17, 15) is 13.6 Å². The molecule has 7 aromatic rings. The fourth-order valence-corrected chi connectivity index (χ4v) is 5.88. The van der Waals surface area contributed by atoms with E-state index in [1.165, 1.54) is 37.1 Å². The molecule has 9 nitrogen and oxygen atoms in total. The van der Waals surface area contributed by atoms with Crippen LogP contribution in [0.25, 0.3) is 33.8 Å². The maximum atomic E-state index is 14.4. The number of carbonyl (C=O) groups is 1. The van der Waals surface area contributed by atoms with E-state index in [4.69, 9.17) is 16.7 Å². The number of fused-ring (bicyclic) bond motifs is 2. The van der Waals surface area contributed by atoms with Crippen LogP contribution in [0.2, 0.25) is 5.15 Å². The van der Waals surface area contributed by atoms with Crippen molar-refractivity contribution in [3.8, 4) is 22.5 Å². The number of aromatic carboxylic acids is 1. The fourth-order valence-electron chi connectivity index (χ4n) is 5.65. The van der Waals surface area contributed by atoms with Crippen LogP contribution in [0.15, 0.2) is 97.1 Å². The number of rotatable bonds is 7. The summed E-state index contributed by atoms with van der Waals surface area (Å²) in [5.74, 6) is -0.0135. The third kappa shape index (κ3) is 6.32. The zero-order valence-corrected chi connectivity index (χ0v) is 26.6. The van der Waals surface area contributed by atoms with Gasteiger partial charge in [-0.15, -0.1) is 0 Å². The fraction of sp³-hybridized carbons (Fsp3) is 0.162. The maximum Gasteiger partial charge on any atom is 0.335 e. The number of halogens is 3. The number of anilines is 2. The number of nitrogens with zero attached hydrogens (tertiary/aromatic N) is 6. The topological polar surface area (TPSA) is 110 Å². The highest BCUT2D eigenvalue weighted by Gasteiger charge is 2.28. The number of carboxylic acids is 1. The molecule has 49 heavy (non-hydrogen) atoms. The van der Waals surface area contributed by atoms with Gasteiger partial charge < -0.3 is 10.4 Å². The van der Waals surface area contributed by atoms with Crippen LogP contribution >= 0.6 is 11.6 Å². The van der Waals surface area contributed by atoms with Crippen LogP contribution < -0.4 is 5.32 Å². The summed E-state index contributed by atoms with van der Waals surface area (Å²) in [6.45, 7) is 0. The highest BCUT2D eigenvalue weighted by Crippen LogP contribution is 2.41. The molecule has 244 valence electrons. The molecule has 2 N–H and O–H groups in total. The van der Waals surface area contributed by atoms with E-state index < -0.39 is 5.97 Å². The molecule has 2 aliphatic carbocycles. The average molecular weight is 676 g/mol. The van der Waals surface area contributed by atoms with Crippen molar-refractivity contribution in [2.24, 2.45) is 0 Å². The van der Waals surface area contributed by atoms with Gasteiger partial charge in [-0.2, -0.15) is 14.7 Å². The third-order valence-corrected chi connectivity index (χ3v) is 8.81. The second-order valence-electron chi connectivity index (χ2n) is 12.2. The van der Waals surface area contributed by atoms with Crippen molar-refractivity contribution in [2.75, 3.05) is 5.32 Å². The van der Waals surface area contributed by atoms with Gasteiger partial charge >= 0.3 is 5.97 Å². The zero-order valence-electron chi connectivity index (χ0n) is 25.9. The number of hydrogen-bond acceptors (Lipinski definition) is 6. The first-order chi connectivity index (χ1) is 23.8. The van der Waals surface area contributed by atoms with Crippen LogP contribution in [0.1, 0.15) is 59.3 Å². The number of benzene rings is 3. The van der Waals surface area contributed by atoms with Crippen molar-refractivity contribution in [1.29, 1.82) is 0 Å². The third-order valence-electron chi connectivity index (χ3n) is 8.54. The van der Waals surface area contributed by atoms with Gasteiger partial charge in [-0.1, -0.05) is 35.9 Å². The quantitative estimate of drug-likeness (QED) is 0.162.